The Kier molecular flexibility index (Phi) is 6.43. The molecule has 1 aliphatic rings. The lowest BCUT2D eigenvalue weighted by molar-refractivity contribution is -0.384. The number of hydrogen-bond acceptors (Lipinski definition) is 5. The Morgan fingerprint density at radius 2 is 1.92 bits per heavy atom. The second-order valence-corrected chi connectivity index (χ2v) is 8.30. The fourth-order valence-electron chi connectivity index (χ4n) is 2.66. The molecule has 1 aromatic rings. The van der Waals surface area contributed by atoms with Crippen LogP contribution in [-0.4, -0.2) is 46.6 Å². The van der Waals surface area contributed by atoms with Gasteiger partial charge in [-0.3, -0.25) is 14.9 Å². The van der Waals surface area contributed by atoms with Gasteiger partial charge in [-0.25, -0.2) is 4.79 Å². The fraction of sp³-hybridized carbons (Fsp3) is 0.529. The van der Waals surface area contributed by atoms with Gasteiger partial charge in [0.05, 0.1) is 10.5 Å². The summed E-state index contributed by atoms with van der Waals surface area (Å²) < 4.78 is 5.91. The number of non-ortho nitro benzene ring substituents is 1. The van der Waals surface area contributed by atoms with E-state index >= 15 is 0 Å². The number of carbonyl (C=O) groups is 2. The summed E-state index contributed by atoms with van der Waals surface area (Å²) in [4.78, 5) is 36.6. The number of nitrogens with one attached hydrogen (secondary N) is 1. The third kappa shape index (κ3) is 5.55. The molecule has 0 radical (unpaired) electrons. The zero-order valence-corrected chi connectivity index (χ0v) is 17.1. The SMILES string of the molecule is CC(C)(C)OC(=O)NC1CCN(C(=O)c2cc([N+](=O)[O-])ccc2I)CC1. The first kappa shape index (κ1) is 20.4. The van der Waals surface area contributed by atoms with Gasteiger partial charge in [0, 0.05) is 34.8 Å². The number of likely N-dealkylation sites (tertiary alicyclic amines) is 1. The maximum absolute atomic E-state index is 12.7. The molecule has 0 atom stereocenters. The van der Waals surface area contributed by atoms with Gasteiger partial charge >= 0.3 is 6.09 Å². The van der Waals surface area contributed by atoms with E-state index in [4.69, 9.17) is 4.74 Å². The van der Waals surface area contributed by atoms with E-state index in [2.05, 4.69) is 5.32 Å². The van der Waals surface area contributed by atoms with Crippen molar-refractivity contribution in [2.24, 2.45) is 0 Å². The van der Waals surface area contributed by atoms with Crippen LogP contribution in [0.2, 0.25) is 0 Å². The van der Waals surface area contributed by atoms with E-state index in [1.165, 1.54) is 12.1 Å². The average Bonchev–Trinajstić information content (AvgIpc) is 2.53. The quantitative estimate of drug-likeness (QED) is 0.411. The van der Waals surface area contributed by atoms with E-state index in [0.29, 0.717) is 35.1 Å². The number of halogens is 1. The number of hydrogen-bond donors (Lipinski definition) is 1. The number of ether oxygens (including phenoxy) is 1. The maximum Gasteiger partial charge on any atom is 0.407 e. The van der Waals surface area contributed by atoms with Gasteiger partial charge in [-0.1, -0.05) is 0 Å². The van der Waals surface area contributed by atoms with Crippen LogP contribution >= 0.6 is 22.6 Å². The number of carbonyl (C=O) groups excluding carboxylic acids is 2. The summed E-state index contributed by atoms with van der Waals surface area (Å²) >= 11 is 2.00. The van der Waals surface area contributed by atoms with Gasteiger partial charge in [0.15, 0.2) is 0 Å². The Morgan fingerprint density at radius 3 is 2.46 bits per heavy atom. The van der Waals surface area contributed by atoms with E-state index in [-0.39, 0.29) is 17.6 Å². The second-order valence-electron chi connectivity index (χ2n) is 7.13. The second kappa shape index (κ2) is 8.19. The van der Waals surface area contributed by atoms with Gasteiger partial charge in [-0.2, -0.15) is 0 Å². The lowest BCUT2D eigenvalue weighted by Gasteiger charge is -2.33. The van der Waals surface area contributed by atoms with Crippen molar-refractivity contribution in [1.29, 1.82) is 0 Å². The number of nitrogens with zero attached hydrogens (tertiary/aromatic N) is 2. The molecule has 142 valence electrons. The number of piperidine rings is 1. The van der Waals surface area contributed by atoms with E-state index in [0.717, 1.165) is 0 Å². The molecular formula is C17H22IN3O5. The lowest BCUT2D eigenvalue weighted by atomic mass is 10.0. The molecular weight excluding hydrogens is 453 g/mol. The van der Waals surface area contributed by atoms with Crippen LogP contribution < -0.4 is 5.32 Å². The van der Waals surface area contributed by atoms with Gasteiger partial charge < -0.3 is 15.0 Å². The van der Waals surface area contributed by atoms with Crippen molar-refractivity contribution in [2.45, 2.75) is 45.3 Å². The van der Waals surface area contributed by atoms with Crippen LogP contribution in [0.5, 0.6) is 0 Å². The van der Waals surface area contributed by atoms with E-state index in [1.807, 2.05) is 22.6 Å². The first-order chi connectivity index (χ1) is 12.1. The minimum atomic E-state index is -0.556. The average molecular weight is 475 g/mol. The normalized spacial score (nSPS) is 15.5. The third-order valence-electron chi connectivity index (χ3n) is 3.89. The summed E-state index contributed by atoms with van der Waals surface area (Å²) in [5.41, 5.74) is -0.326. The Morgan fingerprint density at radius 1 is 1.31 bits per heavy atom. The van der Waals surface area contributed by atoms with Gasteiger partial charge in [0.2, 0.25) is 0 Å². The summed E-state index contributed by atoms with van der Waals surface area (Å²) in [5, 5.41) is 13.8. The zero-order chi connectivity index (χ0) is 19.5. The van der Waals surface area contributed by atoms with Crippen molar-refractivity contribution in [3.05, 3.63) is 37.4 Å². The molecule has 2 amide bonds. The highest BCUT2D eigenvalue weighted by Gasteiger charge is 2.27. The zero-order valence-electron chi connectivity index (χ0n) is 15.0. The Balaban J connectivity index is 1.95. The van der Waals surface area contributed by atoms with Crippen molar-refractivity contribution in [3.8, 4) is 0 Å². The number of nitro groups is 1. The predicted octanol–water partition coefficient (Wildman–Crippen LogP) is 3.33. The highest BCUT2D eigenvalue weighted by molar-refractivity contribution is 14.1. The third-order valence-corrected chi connectivity index (χ3v) is 4.83. The van der Waals surface area contributed by atoms with Gasteiger partial charge in [0.25, 0.3) is 11.6 Å². The topological polar surface area (TPSA) is 102 Å². The minimum absolute atomic E-state index is 0.0573. The molecule has 26 heavy (non-hydrogen) atoms. The molecule has 1 aliphatic heterocycles. The van der Waals surface area contributed by atoms with Crippen molar-refractivity contribution in [3.63, 3.8) is 0 Å². The summed E-state index contributed by atoms with van der Waals surface area (Å²) in [7, 11) is 0. The number of alkyl carbamates (subject to hydrolysis) is 1. The first-order valence-corrected chi connectivity index (χ1v) is 9.37. The first-order valence-electron chi connectivity index (χ1n) is 8.29. The molecule has 0 bridgehead atoms. The maximum atomic E-state index is 12.7. The van der Waals surface area contributed by atoms with Crippen LogP contribution in [0.4, 0.5) is 10.5 Å². The van der Waals surface area contributed by atoms with Crippen LogP contribution in [0, 0.1) is 13.7 Å². The largest absolute Gasteiger partial charge is 0.444 e. The van der Waals surface area contributed by atoms with Crippen LogP contribution in [0.15, 0.2) is 18.2 Å². The van der Waals surface area contributed by atoms with E-state index < -0.39 is 16.6 Å². The number of nitro benzene ring substituents is 1. The Labute approximate surface area is 165 Å². The molecule has 1 fully saturated rings. The van der Waals surface area contributed by atoms with Crippen LogP contribution in [0.3, 0.4) is 0 Å². The minimum Gasteiger partial charge on any atom is -0.444 e. The molecule has 1 heterocycles. The van der Waals surface area contributed by atoms with Crippen molar-refractivity contribution in [2.75, 3.05) is 13.1 Å². The predicted molar refractivity (Wildman–Crippen MR) is 104 cm³/mol. The van der Waals surface area contributed by atoms with Gasteiger partial charge in [-0.05, 0) is 62.3 Å². The van der Waals surface area contributed by atoms with E-state index in [9.17, 15) is 19.7 Å². The molecule has 0 spiro atoms. The monoisotopic (exact) mass is 475 g/mol. The Hall–Kier alpha value is -1.91. The highest BCUT2D eigenvalue weighted by atomic mass is 127. The molecule has 1 N–H and O–H groups in total. The molecule has 9 heteroatoms. The molecule has 0 aliphatic carbocycles. The van der Waals surface area contributed by atoms with Crippen LogP contribution in [0.25, 0.3) is 0 Å². The van der Waals surface area contributed by atoms with Crippen molar-refractivity contribution in [1.82, 2.24) is 10.2 Å². The molecule has 2 rings (SSSR count). The number of amides is 2. The van der Waals surface area contributed by atoms with Crippen molar-refractivity contribution >= 4 is 40.3 Å². The smallest absolute Gasteiger partial charge is 0.407 e. The fourth-order valence-corrected chi connectivity index (χ4v) is 3.23. The molecule has 0 unspecified atom stereocenters. The Bertz CT molecular complexity index is 709. The molecule has 1 aromatic carbocycles. The lowest BCUT2D eigenvalue weighted by Crippen LogP contribution is -2.47. The molecule has 8 nitrogen and oxygen atoms in total. The standard InChI is InChI=1S/C17H22IN3O5/c1-17(2,3)26-16(23)19-11-6-8-20(9-7-11)15(22)13-10-12(21(24)25)4-5-14(13)18/h4-5,10-11H,6-9H2,1-3H3,(H,19,23). The van der Waals surface area contributed by atoms with Crippen LogP contribution in [0.1, 0.15) is 44.0 Å². The molecule has 0 aromatic heterocycles. The highest BCUT2D eigenvalue weighted by Crippen LogP contribution is 2.23. The van der Waals surface area contributed by atoms with E-state index in [1.54, 1.807) is 31.7 Å². The van der Waals surface area contributed by atoms with Gasteiger partial charge in [0.1, 0.15) is 5.60 Å². The van der Waals surface area contributed by atoms with Gasteiger partial charge in [-0.15, -0.1) is 0 Å². The summed E-state index contributed by atoms with van der Waals surface area (Å²) in [6, 6.07) is 4.21. The number of benzene rings is 1. The molecule has 1 saturated heterocycles. The van der Waals surface area contributed by atoms with Crippen molar-refractivity contribution < 1.29 is 19.2 Å². The summed E-state index contributed by atoms with van der Waals surface area (Å²) in [5.74, 6) is -0.228. The molecule has 0 saturated carbocycles. The van der Waals surface area contributed by atoms with Crippen LogP contribution in [-0.2, 0) is 4.74 Å². The summed E-state index contributed by atoms with van der Waals surface area (Å²) in [6.07, 6.45) is 0.753. The number of rotatable bonds is 3. The summed E-state index contributed by atoms with van der Waals surface area (Å²) in [6.45, 7) is 6.34.